The normalized spacial score (nSPS) is 14.9. The number of hydrogen-bond acceptors (Lipinski definition) is 3. The van der Waals surface area contributed by atoms with Crippen molar-refractivity contribution < 1.29 is 22.7 Å². The fraction of sp³-hybridized carbons (Fsp3) is 0.417. The Hall–Kier alpha value is -1.56. The topological polar surface area (TPSA) is 52.3 Å². The molecule has 0 spiro atoms. The summed E-state index contributed by atoms with van der Waals surface area (Å²) in [4.78, 5) is 11.3. The van der Waals surface area contributed by atoms with Gasteiger partial charge in [0, 0.05) is 0 Å². The van der Waals surface area contributed by atoms with Crippen LogP contribution in [0.5, 0.6) is 0 Å². The van der Waals surface area contributed by atoms with Crippen molar-refractivity contribution in [2.45, 2.75) is 31.7 Å². The number of carbonyl (C=O) groups is 1. The summed E-state index contributed by atoms with van der Waals surface area (Å²) in [5.74, 6) is -0.971. The molecular formula is C12H14F3NO2. The Kier molecular flexibility index (Phi) is 4.34. The van der Waals surface area contributed by atoms with Gasteiger partial charge in [0.25, 0.3) is 0 Å². The fourth-order valence-corrected chi connectivity index (χ4v) is 1.19. The minimum Gasteiger partial charge on any atom is -0.461 e. The molecule has 6 heteroatoms. The summed E-state index contributed by atoms with van der Waals surface area (Å²) < 4.78 is 42.0. The van der Waals surface area contributed by atoms with Crippen LogP contribution in [0.1, 0.15) is 18.9 Å². The van der Waals surface area contributed by atoms with E-state index in [0.717, 1.165) is 6.92 Å². The van der Waals surface area contributed by atoms with E-state index in [1.807, 2.05) is 0 Å². The van der Waals surface area contributed by atoms with Crippen molar-refractivity contribution in [3.8, 4) is 0 Å². The van der Waals surface area contributed by atoms with E-state index in [2.05, 4.69) is 0 Å². The van der Waals surface area contributed by atoms with Gasteiger partial charge in [-0.25, -0.2) is 0 Å². The van der Waals surface area contributed by atoms with Gasteiger partial charge in [0.1, 0.15) is 12.1 Å². The van der Waals surface area contributed by atoms with E-state index >= 15 is 0 Å². The van der Waals surface area contributed by atoms with Gasteiger partial charge in [0.2, 0.25) is 0 Å². The SMILES string of the molecule is CC(N)(CC(=O)OCc1ccccc1)C(F)(F)F. The second-order valence-corrected chi connectivity index (χ2v) is 4.24. The van der Waals surface area contributed by atoms with Crippen LogP contribution >= 0.6 is 0 Å². The lowest BCUT2D eigenvalue weighted by Crippen LogP contribution is -2.52. The predicted octanol–water partition coefficient (Wildman–Crippen LogP) is 2.40. The maximum atomic E-state index is 12.4. The predicted molar refractivity (Wildman–Crippen MR) is 59.5 cm³/mol. The molecule has 1 atom stereocenters. The Morgan fingerprint density at radius 1 is 1.28 bits per heavy atom. The van der Waals surface area contributed by atoms with Crippen LogP contribution in [0.25, 0.3) is 0 Å². The first-order valence-corrected chi connectivity index (χ1v) is 5.27. The zero-order chi connectivity index (χ0) is 13.8. The molecule has 0 bridgehead atoms. The van der Waals surface area contributed by atoms with Gasteiger partial charge < -0.3 is 10.5 Å². The molecule has 3 nitrogen and oxygen atoms in total. The second-order valence-electron chi connectivity index (χ2n) is 4.24. The minimum absolute atomic E-state index is 0.0619. The molecule has 0 aliphatic rings. The molecule has 2 N–H and O–H groups in total. The van der Waals surface area contributed by atoms with Crippen LogP contribution in [-0.4, -0.2) is 17.7 Å². The monoisotopic (exact) mass is 261 g/mol. The third-order valence-corrected chi connectivity index (χ3v) is 2.40. The molecule has 0 amide bonds. The first-order chi connectivity index (χ1) is 8.22. The lowest BCUT2D eigenvalue weighted by atomic mass is 9.99. The van der Waals surface area contributed by atoms with Gasteiger partial charge >= 0.3 is 12.1 Å². The molecule has 18 heavy (non-hydrogen) atoms. The Morgan fingerprint density at radius 2 is 1.83 bits per heavy atom. The summed E-state index contributed by atoms with van der Waals surface area (Å²) in [6.45, 7) is 0.699. The maximum Gasteiger partial charge on any atom is 0.406 e. The van der Waals surface area contributed by atoms with Crippen molar-refractivity contribution >= 4 is 5.97 Å². The fourth-order valence-electron chi connectivity index (χ4n) is 1.19. The molecule has 1 aromatic rings. The molecule has 1 aromatic carbocycles. The molecular weight excluding hydrogens is 247 g/mol. The Labute approximate surface area is 103 Å². The van der Waals surface area contributed by atoms with Crippen molar-refractivity contribution in [2.75, 3.05) is 0 Å². The maximum absolute atomic E-state index is 12.4. The van der Waals surface area contributed by atoms with Crippen LogP contribution in [-0.2, 0) is 16.1 Å². The number of alkyl halides is 3. The number of nitrogens with two attached hydrogens (primary N) is 1. The standard InChI is InChI=1S/C12H14F3NO2/c1-11(16,12(13,14)15)7-10(17)18-8-9-5-3-2-4-6-9/h2-6H,7-8,16H2,1H3. The van der Waals surface area contributed by atoms with E-state index in [4.69, 9.17) is 10.5 Å². The molecule has 0 aliphatic carbocycles. The van der Waals surface area contributed by atoms with Crippen molar-refractivity contribution in [3.05, 3.63) is 35.9 Å². The van der Waals surface area contributed by atoms with Gasteiger partial charge in [0.05, 0.1) is 6.42 Å². The Morgan fingerprint density at radius 3 is 2.33 bits per heavy atom. The zero-order valence-corrected chi connectivity index (χ0v) is 9.83. The van der Waals surface area contributed by atoms with Crippen molar-refractivity contribution in [2.24, 2.45) is 5.73 Å². The lowest BCUT2D eigenvalue weighted by molar-refractivity contribution is -0.190. The smallest absolute Gasteiger partial charge is 0.406 e. The molecule has 100 valence electrons. The van der Waals surface area contributed by atoms with Gasteiger partial charge in [-0.2, -0.15) is 13.2 Å². The van der Waals surface area contributed by atoms with E-state index in [1.165, 1.54) is 0 Å². The first kappa shape index (κ1) is 14.5. The highest BCUT2D eigenvalue weighted by Crippen LogP contribution is 2.30. The Bertz CT molecular complexity index is 402. The van der Waals surface area contributed by atoms with E-state index in [0.29, 0.717) is 5.56 Å². The van der Waals surface area contributed by atoms with Gasteiger partial charge in [-0.05, 0) is 12.5 Å². The quantitative estimate of drug-likeness (QED) is 0.847. The lowest BCUT2D eigenvalue weighted by Gasteiger charge is -2.26. The van der Waals surface area contributed by atoms with Crippen LogP contribution in [0.3, 0.4) is 0 Å². The van der Waals surface area contributed by atoms with E-state index in [1.54, 1.807) is 30.3 Å². The molecule has 0 aromatic heterocycles. The molecule has 0 aliphatic heterocycles. The number of ether oxygens (including phenoxy) is 1. The largest absolute Gasteiger partial charge is 0.461 e. The number of benzene rings is 1. The van der Waals surface area contributed by atoms with Gasteiger partial charge in [-0.1, -0.05) is 30.3 Å². The zero-order valence-electron chi connectivity index (χ0n) is 9.83. The third kappa shape index (κ3) is 4.03. The number of carbonyl (C=O) groups excluding carboxylic acids is 1. The molecule has 1 unspecified atom stereocenters. The van der Waals surface area contributed by atoms with Crippen LogP contribution in [0.4, 0.5) is 13.2 Å². The second kappa shape index (κ2) is 5.39. The molecule has 0 saturated carbocycles. The van der Waals surface area contributed by atoms with E-state index < -0.39 is 24.1 Å². The summed E-state index contributed by atoms with van der Waals surface area (Å²) in [5, 5.41) is 0. The van der Waals surface area contributed by atoms with Crippen LogP contribution in [0.2, 0.25) is 0 Å². The molecule has 1 rings (SSSR count). The highest BCUT2D eigenvalue weighted by Gasteiger charge is 2.49. The average molecular weight is 261 g/mol. The summed E-state index contributed by atoms with van der Waals surface area (Å²) >= 11 is 0. The number of rotatable bonds is 4. The Balaban J connectivity index is 2.48. The van der Waals surface area contributed by atoms with Crippen molar-refractivity contribution in [3.63, 3.8) is 0 Å². The summed E-state index contributed by atoms with van der Waals surface area (Å²) in [7, 11) is 0. The van der Waals surface area contributed by atoms with Crippen LogP contribution in [0.15, 0.2) is 30.3 Å². The van der Waals surface area contributed by atoms with Gasteiger partial charge in [0.15, 0.2) is 0 Å². The average Bonchev–Trinajstić information content (AvgIpc) is 2.26. The summed E-state index contributed by atoms with van der Waals surface area (Å²) in [6, 6.07) is 8.68. The van der Waals surface area contributed by atoms with E-state index in [9.17, 15) is 18.0 Å². The number of esters is 1. The van der Waals surface area contributed by atoms with Crippen molar-refractivity contribution in [1.29, 1.82) is 0 Å². The number of halogens is 3. The first-order valence-electron chi connectivity index (χ1n) is 5.27. The minimum atomic E-state index is -4.64. The highest BCUT2D eigenvalue weighted by atomic mass is 19.4. The molecule has 0 radical (unpaired) electrons. The molecule has 0 saturated heterocycles. The van der Waals surface area contributed by atoms with Gasteiger partial charge in [-0.15, -0.1) is 0 Å². The summed E-state index contributed by atoms with van der Waals surface area (Å²) in [5.41, 5.74) is 3.17. The van der Waals surface area contributed by atoms with Crippen molar-refractivity contribution in [1.82, 2.24) is 0 Å². The van der Waals surface area contributed by atoms with Crippen LogP contribution < -0.4 is 5.73 Å². The van der Waals surface area contributed by atoms with Gasteiger partial charge in [-0.3, -0.25) is 4.79 Å². The van der Waals surface area contributed by atoms with E-state index in [-0.39, 0.29) is 6.61 Å². The molecule has 0 fully saturated rings. The molecule has 0 heterocycles. The summed E-state index contributed by atoms with van der Waals surface area (Å²) in [6.07, 6.45) is -5.54. The third-order valence-electron chi connectivity index (χ3n) is 2.40. The highest BCUT2D eigenvalue weighted by molar-refractivity contribution is 5.71. The number of hydrogen-bond donors (Lipinski definition) is 1. The van der Waals surface area contributed by atoms with Crippen LogP contribution in [0, 0.1) is 0 Å².